The molecule has 0 spiro atoms. The van der Waals surface area contributed by atoms with Crippen LogP contribution in [0.15, 0.2) is 61.2 Å². The molecule has 2 nitrogen and oxygen atoms in total. The minimum atomic E-state index is -4.43. The molecule has 0 unspecified atom stereocenters. The molecule has 108 valence electrons. The molecule has 0 saturated heterocycles. The molecule has 0 radical (unpaired) electrons. The molecule has 0 fully saturated rings. The Morgan fingerprint density at radius 3 is 2.00 bits per heavy atom. The first kappa shape index (κ1) is 14.8. The monoisotopic (exact) mass is 292 g/mol. The van der Waals surface area contributed by atoms with Crippen molar-refractivity contribution in [2.45, 2.75) is 6.18 Å². The Morgan fingerprint density at radius 2 is 1.48 bits per heavy atom. The highest BCUT2D eigenvalue weighted by Gasteiger charge is 2.30. The second-order valence-corrected chi connectivity index (χ2v) is 4.25. The van der Waals surface area contributed by atoms with Crippen molar-refractivity contribution in [3.63, 3.8) is 0 Å². The van der Waals surface area contributed by atoms with E-state index in [1.165, 1.54) is 0 Å². The number of carbonyl (C=O) groups excluding carboxylic acids is 1. The van der Waals surface area contributed by atoms with Crippen molar-refractivity contribution in [2.75, 3.05) is 0 Å². The largest absolute Gasteiger partial charge is 0.423 e. The highest BCUT2D eigenvalue weighted by molar-refractivity contribution is 5.92. The van der Waals surface area contributed by atoms with Crippen molar-refractivity contribution in [3.05, 3.63) is 77.9 Å². The summed E-state index contributed by atoms with van der Waals surface area (Å²) < 4.78 is 42.3. The smallest absolute Gasteiger partial charge is 0.416 e. The molecule has 0 saturated carbocycles. The molecule has 0 heterocycles. The lowest BCUT2D eigenvalue weighted by Gasteiger charge is -2.09. The molecule has 2 rings (SSSR count). The molecule has 0 aliphatic heterocycles. The van der Waals surface area contributed by atoms with Gasteiger partial charge < -0.3 is 4.74 Å². The van der Waals surface area contributed by atoms with E-state index in [1.807, 2.05) is 0 Å². The molecule has 2 aromatic carbocycles. The molecule has 0 aliphatic carbocycles. The van der Waals surface area contributed by atoms with Gasteiger partial charge in [0.05, 0.1) is 11.1 Å². The van der Waals surface area contributed by atoms with E-state index in [4.69, 9.17) is 4.74 Å². The zero-order valence-electron chi connectivity index (χ0n) is 10.9. The molecule has 21 heavy (non-hydrogen) atoms. The van der Waals surface area contributed by atoms with Gasteiger partial charge in [0.1, 0.15) is 5.76 Å². The maximum atomic E-state index is 12.4. The second kappa shape index (κ2) is 5.83. The van der Waals surface area contributed by atoms with Gasteiger partial charge in [-0.1, -0.05) is 36.9 Å². The summed E-state index contributed by atoms with van der Waals surface area (Å²) in [6.45, 7) is 3.62. The third-order valence-corrected chi connectivity index (χ3v) is 2.76. The molecule has 5 heteroatoms. The summed E-state index contributed by atoms with van der Waals surface area (Å²) in [5.41, 5.74) is -0.168. The van der Waals surface area contributed by atoms with E-state index in [2.05, 4.69) is 6.58 Å². The number of hydrogen-bond acceptors (Lipinski definition) is 2. The van der Waals surface area contributed by atoms with E-state index in [0.29, 0.717) is 5.56 Å². The highest BCUT2D eigenvalue weighted by atomic mass is 19.4. The molecule has 0 amide bonds. The fourth-order valence-electron chi connectivity index (χ4n) is 1.65. The zero-order valence-corrected chi connectivity index (χ0v) is 10.9. The van der Waals surface area contributed by atoms with Crippen LogP contribution in [-0.2, 0) is 10.9 Å². The Hall–Kier alpha value is -2.56. The minimum absolute atomic E-state index is 0.0279. The van der Waals surface area contributed by atoms with E-state index < -0.39 is 17.7 Å². The van der Waals surface area contributed by atoms with Crippen LogP contribution < -0.4 is 0 Å². The van der Waals surface area contributed by atoms with Crippen LogP contribution in [0, 0.1) is 0 Å². The Kier molecular flexibility index (Phi) is 4.12. The number of benzene rings is 2. The average Bonchev–Trinajstić information content (AvgIpc) is 2.47. The van der Waals surface area contributed by atoms with Crippen LogP contribution in [0.3, 0.4) is 0 Å². The molecular weight excluding hydrogens is 281 g/mol. The fourth-order valence-corrected chi connectivity index (χ4v) is 1.65. The maximum Gasteiger partial charge on any atom is 0.416 e. The topological polar surface area (TPSA) is 26.3 Å². The predicted octanol–water partition coefficient (Wildman–Crippen LogP) is 4.53. The van der Waals surface area contributed by atoms with Crippen LogP contribution in [0.2, 0.25) is 0 Å². The number of hydrogen-bond donors (Lipinski definition) is 0. The SMILES string of the molecule is C=C(OC(=O)c1ccc(C(F)(F)F)cc1)c1ccccc1. The second-order valence-electron chi connectivity index (χ2n) is 4.25. The van der Waals surface area contributed by atoms with Gasteiger partial charge in [-0.3, -0.25) is 0 Å². The quantitative estimate of drug-likeness (QED) is 0.613. The number of halogens is 3. The Labute approximate surface area is 119 Å². The van der Waals surface area contributed by atoms with E-state index in [-0.39, 0.29) is 11.3 Å². The standard InChI is InChI=1S/C16H11F3O2/c1-11(12-5-3-2-4-6-12)21-15(20)13-7-9-14(10-8-13)16(17,18)19/h2-10H,1H2. The van der Waals surface area contributed by atoms with Crippen LogP contribution in [-0.4, -0.2) is 5.97 Å². The van der Waals surface area contributed by atoms with Crippen molar-refractivity contribution in [2.24, 2.45) is 0 Å². The Bertz CT molecular complexity index is 643. The Balaban J connectivity index is 2.09. The van der Waals surface area contributed by atoms with Gasteiger partial charge in [0, 0.05) is 5.56 Å². The van der Waals surface area contributed by atoms with E-state index >= 15 is 0 Å². The first-order valence-electron chi connectivity index (χ1n) is 6.01. The number of esters is 1. The van der Waals surface area contributed by atoms with E-state index in [1.54, 1.807) is 30.3 Å². The van der Waals surface area contributed by atoms with E-state index in [0.717, 1.165) is 24.3 Å². The van der Waals surface area contributed by atoms with Crippen molar-refractivity contribution in [1.82, 2.24) is 0 Å². The van der Waals surface area contributed by atoms with Crippen LogP contribution in [0.5, 0.6) is 0 Å². The van der Waals surface area contributed by atoms with Crippen LogP contribution in [0.1, 0.15) is 21.5 Å². The third kappa shape index (κ3) is 3.72. The summed E-state index contributed by atoms with van der Waals surface area (Å²) in [4.78, 5) is 11.8. The van der Waals surface area contributed by atoms with Gasteiger partial charge in [-0.25, -0.2) is 4.79 Å². The zero-order chi connectivity index (χ0) is 15.5. The lowest BCUT2D eigenvalue weighted by atomic mass is 10.1. The minimum Gasteiger partial charge on any atom is -0.423 e. The lowest BCUT2D eigenvalue weighted by Crippen LogP contribution is -2.07. The first-order valence-corrected chi connectivity index (χ1v) is 6.01. The van der Waals surface area contributed by atoms with Crippen molar-refractivity contribution >= 4 is 11.7 Å². The van der Waals surface area contributed by atoms with E-state index in [9.17, 15) is 18.0 Å². The number of rotatable bonds is 3. The van der Waals surface area contributed by atoms with Gasteiger partial charge in [-0.2, -0.15) is 13.2 Å². The summed E-state index contributed by atoms with van der Waals surface area (Å²) >= 11 is 0. The van der Waals surface area contributed by atoms with Gasteiger partial charge in [-0.05, 0) is 24.3 Å². The first-order chi connectivity index (χ1) is 9.88. The summed E-state index contributed by atoms with van der Waals surface area (Å²) in [5.74, 6) is -0.613. The summed E-state index contributed by atoms with van der Waals surface area (Å²) in [5, 5.41) is 0. The average molecular weight is 292 g/mol. The molecular formula is C16H11F3O2. The van der Waals surface area contributed by atoms with Gasteiger partial charge in [0.2, 0.25) is 0 Å². The summed E-state index contributed by atoms with van der Waals surface area (Å²) in [6.07, 6.45) is -4.43. The Morgan fingerprint density at radius 1 is 0.905 bits per heavy atom. The predicted molar refractivity (Wildman–Crippen MR) is 72.3 cm³/mol. The fraction of sp³-hybridized carbons (Fsp3) is 0.0625. The number of carbonyl (C=O) groups is 1. The lowest BCUT2D eigenvalue weighted by molar-refractivity contribution is -0.137. The molecule has 0 atom stereocenters. The van der Waals surface area contributed by atoms with Gasteiger partial charge in [-0.15, -0.1) is 0 Å². The number of ether oxygens (including phenoxy) is 1. The van der Waals surface area contributed by atoms with Crippen molar-refractivity contribution in [1.29, 1.82) is 0 Å². The maximum absolute atomic E-state index is 12.4. The van der Waals surface area contributed by atoms with Gasteiger partial charge >= 0.3 is 12.1 Å². The van der Waals surface area contributed by atoms with Crippen LogP contribution in [0.25, 0.3) is 5.76 Å². The van der Waals surface area contributed by atoms with Crippen molar-refractivity contribution < 1.29 is 22.7 Å². The molecule has 0 bridgehead atoms. The summed E-state index contributed by atoms with van der Waals surface area (Å²) in [7, 11) is 0. The molecule has 0 N–H and O–H groups in total. The van der Waals surface area contributed by atoms with Gasteiger partial charge in [0.25, 0.3) is 0 Å². The van der Waals surface area contributed by atoms with Gasteiger partial charge in [0.15, 0.2) is 0 Å². The molecule has 0 aromatic heterocycles. The highest BCUT2D eigenvalue weighted by Crippen LogP contribution is 2.29. The molecule has 0 aliphatic rings. The van der Waals surface area contributed by atoms with Crippen LogP contribution in [0.4, 0.5) is 13.2 Å². The summed E-state index contributed by atoms with van der Waals surface area (Å²) in [6, 6.07) is 12.6. The van der Waals surface area contributed by atoms with Crippen LogP contribution >= 0.6 is 0 Å². The normalized spacial score (nSPS) is 11.0. The molecule has 2 aromatic rings. The van der Waals surface area contributed by atoms with Crippen molar-refractivity contribution in [3.8, 4) is 0 Å². The number of alkyl halides is 3. The third-order valence-electron chi connectivity index (χ3n) is 2.76.